The van der Waals surface area contributed by atoms with E-state index in [2.05, 4.69) is 10.1 Å². The first-order chi connectivity index (χ1) is 5.20. The lowest BCUT2D eigenvalue weighted by molar-refractivity contribution is -0.159. The van der Waals surface area contributed by atoms with Gasteiger partial charge in [0.15, 0.2) is 0 Å². The second-order valence-electron chi connectivity index (χ2n) is 2.56. The lowest BCUT2D eigenvalue weighted by Gasteiger charge is -2.06. The molecule has 0 bridgehead atoms. The van der Waals surface area contributed by atoms with E-state index in [1.165, 1.54) is 6.92 Å². The second kappa shape index (κ2) is 3.48. The van der Waals surface area contributed by atoms with Crippen LogP contribution in [0.2, 0.25) is 0 Å². The van der Waals surface area contributed by atoms with Gasteiger partial charge in [-0.3, -0.25) is 4.79 Å². The number of rotatable bonds is 1. The molecule has 1 heterocycles. The fraction of sp³-hybridized carbons (Fsp3) is 0.714. The first-order valence-corrected chi connectivity index (χ1v) is 3.66. The van der Waals surface area contributed by atoms with Gasteiger partial charge in [-0.1, -0.05) is 0 Å². The third-order valence-corrected chi connectivity index (χ3v) is 1.59. The Bertz CT molecular complexity index is 173. The molecule has 0 aliphatic carbocycles. The van der Waals surface area contributed by atoms with Gasteiger partial charge in [-0.2, -0.15) is 0 Å². The lowest BCUT2D eigenvalue weighted by atomic mass is 10.2. The van der Waals surface area contributed by atoms with Crippen molar-refractivity contribution in [2.75, 3.05) is 6.54 Å². The van der Waals surface area contributed by atoms with E-state index < -0.39 is 11.9 Å². The molecule has 4 nitrogen and oxygen atoms in total. The molecule has 0 unspecified atom stereocenters. The normalized spacial score (nSPS) is 23.2. The van der Waals surface area contributed by atoms with Crippen molar-refractivity contribution in [1.29, 1.82) is 0 Å². The molecule has 1 atom stereocenters. The fourth-order valence-corrected chi connectivity index (χ4v) is 1.10. The minimum atomic E-state index is -0.538. The Kier molecular flexibility index (Phi) is 2.59. The molecule has 0 aromatic carbocycles. The van der Waals surface area contributed by atoms with Gasteiger partial charge in [0.2, 0.25) is 0 Å². The average molecular weight is 157 g/mol. The Balaban J connectivity index is 2.34. The van der Waals surface area contributed by atoms with Crippen molar-refractivity contribution >= 4 is 11.9 Å². The van der Waals surface area contributed by atoms with E-state index in [9.17, 15) is 9.59 Å². The Morgan fingerprint density at radius 3 is 2.73 bits per heavy atom. The molecule has 1 aliphatic heterocycles. The van der Waals surface area contributed by atoms with E-state index in [1.807, 2.05) is 0 Å². The Morgan fingerprint density at radius 1 is 1.55 bits per heavy atom. The third kappa shape index (κ3) is 2.31. The van der Waals surface area contributed by atoms with Crippen LogP contribution in [-0.4, -0.2) is 24.5 Å². The van der Waals surface area contributed by atoms with Gasteiger partial charge in [-0.05, 0) is 19.4 Å². The van der Waals surface area contributed by atoms with Crippen molar-refractivity contribution in [3.05, 3.63) is 0 Å². The summed E-state index contributed by atoms with van der Waals surface area (Å²) in [5, 5.41) is 2.93. The van der Waals surface area contributed by atoms with Gasteiger partial charge in [0, 0.05) is 6.92 Å². The molecular formula is C7H11NO3. The monoisotopic (exact) mass is 157 g/mol. The molecule has 0 aromatic rings. The summed E-state index contributed by atoms with van der Waals surface area (Å²) in [5.41, 5.74) is 0. The van der Waals surface area contributed by atoms with Gasteiger partial charge >= 0.3 is 11.9 Å². The molecule has 1 aliphatic rings. The molecular weight excluding hydrogens is 146 g/mol. The SMILES string of the molecule is CC(=O)OC(=O)[C@@H]1CCCN1. The zero-order valence-electron chi connectivity index (χ0n) is 6.42. The van der Waals surface area contributed by atoms with Crippen molar-refractivity contribution in [2.24, 2.45) is 0 Å². The van der Waals surface area contributed by atoms with Crippen LogP contribution in [0.4, 0.5) is 0 Å². The van der Waals surface area contributed by atoms with Gasteiger partial charge in [-0.15, -0.1) is 0 Å². The topological polar surface area (TPSA) is 55.4 Å². The smallest absolute Gasteiger partial charge is 0.330 e. The maximum absolute atomic E-state index is 11.0. The van der Waals surface area contributed by atoms with Crippen LogP contribution in [0, 0.1) is 0 Å². The van der Waals surface area contributed by atoms with E-state index in [0.29, 0.717) is 0 Å². The standard InChI is InChI=1S/C7H11NO3/c1-5(9)11-7(10)6-3-2-4-8-6/h6,8H,2-4H2,1H3/t6-/m0/s1. The number of nitrogens with one attached hydrogen (secondary N) is 1. The quantitative estimate of drug-likeness (QED) is 0.424. The summed E-state index contributed by atoms with van der Waals surface area (Å²) in [6.07, 6.45) is 1.74. The van der Waals surface area contributed by atoms with Crippen LogP contribution in [0.3, 0.4) is 0 Å². The first kappa shape index (κ1) is 8.20. The van der Waals surface area contributed by atoms with Crippen molar-refractivity contribution in [3.63, 3.8) is 0 Å². The van der Waals surface area contributed by atoms with Crippen LogP contribution in [0.25, 0.3) is 0 Å². The molecule has 0 aromatic heterocycles. The zero-order valence-corrected chi connectivity index (χ0v) is 6.42. The lowest BCUT2D eigenvalue weighted by Crippen LogP contribution is -2.33. The number of carbonyl (C=O) groups excluding carboxylic acids is 2. The maximum Gasteiger partial charge on any atom is 0.330 e. The predicted molar refractivity (Wildman–Crippen MR) is 37.8 cm³/mol. The molecule has 4 heteroatoms. The summed E-state index contributed by atoms with van der Waals surface area (Å²) in [4.78, 5) is 21.3. The molecule has 0 radical (unpaired) electrons. The average Bonchev–Trinajstić information content (AvgIpc) is 2.35. The highest BCUT2D eigenvalue weighted by molar-refractivity contribution is 5.87. The van der Waals surface area contributed by atoms with Crippen LogP contribution in [0.5, 0.6) is 0 Å². The van der Waals surface area contributed by atoms with E-state index >= 15 is 0 Å². The fourth-order valence-electron chi connectivity index (χ4n) is 1.10. The Hall–Kier alpha value is -0.900. The minimum Gasteiger partial charge on any atom is -0.392 e. The van der Waals surface area contributed by atoms with Crippen LogP contribution < -0.4 is 5.32 Å². The van der Waals surface area contributed by atoms with E-state index in [1.54, 1.807) is 0 Å². The second-order valence-corrected chi connectivity index (χ2v) is 2.56. The summed E-state index contributed by atoms with van der Waals surface area (Å²) >= 11 is 0. The molecule has 0 saturated carbocycles. The predicted octanol–water partition coefficient (Wildman–Crippen LogP) is -0.172. The van der Waals surface area contributed by atoms with Crippen molar-refractivity contribution < 1.29 is 14.3 Å². The molecule has 1 N–H and O–H groups in total. The molecule has 0 amide bonds. The number of esters is 2. The van der Waals surface area contributed by atoms with Gasteiger partial charge in [0.25, 0.3) is 0 Å². The Labute approximate surface area is 64.9 Å². The summed E-state index contributed by atoms with van der Waals surface area (Å²) in [6, 6.07) is -0.265. The van der Waals surface area contributed by atoms with Gasteiger partial charge < -0.3 is 10.1 Å². The van der Waals surface area contributed by atoms with Crippen LogP contribution in [0.15, 0.2) is 0 Å². The number of ether oxygens (including phenoxy) is 1. The molecule has 1 rings (SSSR count). The maximum atomic E-state index is 11.0. The van der Waals surface area contributed by atoms with Crippen molar-refractivity contribution in [3.8, 4) is 0 Å². The first-order valence-electron chi connectivity index (χ1n) is 3.66. The molecule has 1 fully saturated rings. The summed E-state index contributed by atoms with van der Waals surface area (Å²) in [5.74, 6) is -0.987. The van der Waals surface area contributed by atoms with Crippen LogP contribution in [0.1, 0.15) is 19.8 Å². The largest absolute Gasteiger partial charge is 0.392 e. The summed E-state index contributed by atoms with van der Waals surface area (Å²) in [6.45, 7) is 2.06. The van der Waals surface area contributed by atoms with Crippen molar-refractivity contribution in [1.82, 2.24) is 5.32 Å². The third-order valence-electron chi connectivity index (χ3n) is 1.59. The number of hydrogen-bond acceptors (Lipinski definition) is 4. The van der Waals surface area contributed by atoms with E-state index in [4.69, 9.17) is 0 Å². The minimum absolute atomic E-state index is 0.265. The highest BCUT2D eigenvalue weighted by Crippen LogP contribution is 2.06. The van der Waals surface area contributed by atoms with Crippen LogP contribution in [-0.2, 0) is 14.3 Å². The molecule has 11 heavy (non-hydrogen) atoms. The molecule has 62 valence electrons. The van der Waals surface area contributed by atoms with Crippen LogP contribution >= 0.6 is 0 Å². The zero-order chi connectivity index (χ0) is 8.27. The van der Waals surface area contributed by atoms with E-state index in [0.717, 1.165) is 19.4 Å². The molecule has 0 spiro atoms. The number of carbonyl (C=O) groups is 2. The van der Waals surface area contributed by atoms with Crippen molar-refractivity contribution in [2.45, 2.75) is 25.8 Å². The molecule has 1 saturated heterocycles. The summed E-state index contributed by atoms with van der Waals surface area (Å²) < 4.78 is 4.39. The van der Waals surface area contributed by atoms with Gasteiger partial charge in [-0.25, -0.2) is 4.79 Å². The Morgan fingerprint density at radius 2 is 2.27 bits per heavy atom. The summed E-state index contributed by atoms with van der Waals surface area (Å²) in [7, 11) is 0. The highest BCUT2D eigenvalue weighted by atomic mass is 16.6. The highest BCUT2D eigenvalue weighted by Gasteiger charge is 2.24. The van der Waals surface area contributed by atoms with E-state index in [-0.39, 0.29) is 6.04 Å². The number of hydrogen-bond donors (Lipinski definition) is 1. The van der Waals surface area contributed by atoms with Gasteiger partial charge in [0.05, 0.1) is 0 Å². The van der Waals surface area contributed by atoms with Gasteiger partial charge in [0.1, 0.15) is 6.04 Å².